The summed E-state index contributed by atoms with van der Waals surface area (Å²) in [4.78, 5) is 14.6. The first-order chi connectivity index (χ1) is 7.72. The van der Waals surface area contributed by atoms with E-state index in [2.05, 4.69) is 30.8 Å². The van der Waals surface area contributed by atoms with Crippen LogP contribution in [0.15, 0.2) is 23.1 Å². The van der Waals surface area contributed by atoms with Crippen LogP contribution in [0.2, 0.25) is 0 Å². The molecule has 2 nitrogen and oxygen atoms in total. The number of hydrogen-bond donors (Lipinski definition) is 1. The molecule has 0 unspecified atom stereocenters. The van der Waals surface area contributed by atoms with Crippen LogP contribution in [-0.2, 0) is 11.2 Å². The molecule has 1 heterocycles. The quantitative estimate of drug-likeness (QED) is 0.497. The fourth-order valence-electron chi connectivity index (χ4n) is 2.06. The Morgan fingerprint density at radius 3 is 3.06 bits per heavy atom. The van der Waals surface area contributed by atoms with Crippen molar-refractivity contribution in [3.05, 3.63) is 23.8 Å². The van der Waals surface area contributed by atoms with Crippen molar-refractivity contribution < 1.29 is 4.79 Å². The number of hydrogen-bond acceptors (Lipinski definition) is 3. The van der Waals surface area contributed by atoms with E-state index in [1.807, 2.05) is 4.90 Å². The number of fused-ring (bicyclic) bond motifs is 1. The zero-order chi connectivity index (χ0) is 11.5. The van der Waals surface area contributed by atoms with E-state index in [4.69, 9.17) is 0 Å². The lowest BCUT2D eigenvalue weighted by atomic mass is 10.0. The summed E-state index contributed by atoms with van der Waals surface area (Å²) in [5, 5.41) is 0.787. The summed E-state index contributed by atoms with van der Waals surface area (Å²) >= 11 is 5.93. The largest absolute Gasteiger partial charge is 0.312 e. The summed E-state index contributed by atoms with van der Waals surface area (Å²) in [6.45, 7) is 2.48. The molecule has 86 valence electrons. The summed E-state index contributed by atoms with van der Waals surface area (Å²) in [6, 6.07) is 6.31. The van der Waals surface area contributed by atoms with Crippen LogP contribution >= 0.6 is 24.4 Å². The number of aryl methyl sites for hydroxylation is 1. The minimum Gasteiger partial charge on any atom is -0.312 e. The van der Waals surface area contributed by atoms with Gasteiger partial charge in [0, 0.05) is 29.1 Å². The Morgan fingerprint density at radius 2 is 2.38 bits per heavy atom. The lowest BCUT2D eigenvalue weighted by Crippen LogP contribution is -2.33. The predicted octanol–water partition coefficient (Wildman–Crippen LogP) is 2.97. The zero-order valence-electron chi connectivity index (χ0n) is 9.27. The maximum Gasteiger partial charge on any atom is 0.223 e. The van der Waals surface area contributed by atoms with E-state index in [0.29, 0.717) is 0 Å². The van der Waals surface area contributed by atoms with E-state index in [1.54, 1.807) is 18.7 Å². The Balaban J connectivity index is 2.33. The van der Waals surface area contributed by atoms with E-state index in [9.17, 15) is 4.79 Å². The predicted molar refractivity (Wildman–Crippen MR) is 72.5 cm³/mol. The van der Waals surface area contributed by atoms with Crippen molar-refractivity contribution in [2.75, 3.05) is 16.5 Å². The number of nitrogens with zero attached hydrogens (tertiary/aromatic N) is 1. The average Bonchev–Trinajstić information content (AvgIpc) is 2.28. The third kappa shape index (κ3) is 2.38. The van der Waals surface area contributed by atoms with Gasteiger partial charge in [0.25, 0.3) is 0 Å². The summed E-state index contributed by atoms with van der Waals surface area (Å²) in [5.74, 6) is 0.135. The molecular formula is C12H15NOS2. The molecule has 0 N–H and O–H groups in total. The molecule has 0 spiro atoms. The lowest BCUT2D eigenvalue weighted by molar-refractivity contribution is -0.116. The van der Waals surface area contributed by atoms with Gasteiger partial charge in [0.2, 0.25) is 5.91 Å². The topological polar surface area (TPSA) is 20.3 Å². The number of carbonyl (C=O) groups excluding carboxylic acids is 1. The minimum absolute atomic E-state index is 0.135. The van der Waals surface area contributed by atoms with E-state index in [-0.39, 0.29) is 5.91 Å². The Labute approximate surface area is 106 Å². The monoisotopic (exact) mass is 253 g/mol. The molecule has 0 fully saturated rings. The van der Waals surface area contributed by atoms with Crippen molar-refractivity contribution in [1.29, 1.82) is 0 Å². The summed E-state index contributed by atoms with van der Waals surface area (Å²) in [7, 11) is 0. The highest BCUT2D eigenvalue weighted by Gasteiger charge is 2.19. The third-order valence-corrected chi connectivity index (χ3v) is 3.88. The van der Waals surface area contributed by atoms with Crippen molar-refractivity contribution in [3.63, 3.8) is 0 Å². The van der Waals surface area contributed by atoms with Gasteiger partial charge < -0.3 is 4.90 Å². The SMILES string of the molecule is CC(=O)N1CCCc2cc(SCS)ccc21. The molecule has 0 radical (unpaired) electrons. The van der Waals surface area contributed by atoms with E-state index >= 15 is 0 Å². The first-order valence-corrected chi connectivity index (χ1v) is 6.99. The van der Waals surface area contributed by atoms with Gasteiger partial charge in [-0.1, -0.05) is 0 Å². The van der Waals surface area contributed by atoms with Gasteiger partial charge in [0.1, 0.15) is 0 Å². The number of thiol groups is 1. The van der Waals surface area contributed by atoms with Gasteiger partial charge in [-0.25, -0.2) is 0 Å². The Kier molecular flexibility index (Phi) is 3.82. The van der Waals surface area contributed by atoms with Crippen LogP contribution in [0.4, 0.5) is 5.69 Å². The normalized spacial score (nSPS) is 14.8. The molecule has 2 rings (SSSR count). The summed E-state index contributed by atoms with van der Waals surface area (Å²) in [6.07, 6.45) is 2.13. The molecule has 0 aliphatic carbocycles. The van der Waals surface area contributed by atoms with Crippen LogP contribution in [0.1, 0.15) is 18.9 Å². The number of carbonyl (C=O) groups is 1. The van der Waals surface area contributed by atoms with Crippen molar-refractivity contribution in [2.45, 2.75) is 24.7 Å². The molecule has 1 aromatic carbocycles. The van der Waals surface area contributed by atoms with E-state index in [0.717, 1.165) is 30.2 Å². The number of benzene rings is 1. The van der Waals surface area contributed by atoms with Gasteiger partial charge >= 0.3 is 0 Å². The second kappa shape index (κ2) is 5.15. The highest BCUT2D eigenvalue weighted by atomic mass is 32.2. The van der Waals surface area contributed by atoms with Gasteiger partial charge in [-0.2, -0.15) is 12.6 Å². The van der Waals surface area contributed by atoms with Crippen molar-refractivity contribution in [3.8, 4) is 0 Å². The van der Waals surface area contributed by atoms with Gasteiger partial charge in [0.05, 0.1) is 0 Å². The van der Waals surface area contributed by atoms with Gasteiger partial charge in [-0.15, -0.1) is 11.8 Å². The van der Waals surface area contributed by atoms with Crippen LogP contribution in [0.5, 0.6) is 0 Å². The molecule has 1 aliphatic rings. The van der Waals surface area contributed by atoms with Gasteiger partial charge in [0.15, 0.2) is 0 Å². The first kappa shape index (κ1) is 11.9. The first-order valence-electron chi connectivity index (χ1n) is 5.37. The van der Waals surface area contributed by atoms with Crippen LogP contribution in [0.3, 0.4) is 0 Å². The molecule has 4 heteroatoms. The maximum atomic E-state index is 11.5. The molecule has 0 atom stereocenters. The fourth-order valence-corrected chi connectivity index (χ4v) is 3.05. The van der Waals surface area contributed by atoms with Crippen LogP contribution < -0.4 is 4.90 Å². The molecule has 0 saturated carbocycles. The highest BCUT2D eigenvalue weighted by molar-refractivity contribution is 8.09. The number of thioether (sulfide) groups is 1. The Hall–Kier alpha value is -0.610. The van der Waals surface area contributed by atoms with Crippen LogP contribution in [-0.4, -0.2) is 17.5 Å². The van der Waals surface area contributed by atoms with Gasteiger partial charge in [-0.3, -0.25) is 4.79 Å². The average molecular weight is 253 g/mol. The highest BCUT2D eigenvalue weighted by Crippen LogP contribution is 2.31. The maximum absolute atomic E-state index is 11.5. The Morgan fingerprint density at radius 1 is 1.56 bits per heavy atom. The Bertz CT molecular complexity index is 406. The molecule has 0 bridgehead atoms. The molecule has 1 aliphatic heterocycles. The lowest BCUT2D eigenvalue weighted by Gasteiger charge is -2.28. The summed E-state index contributed by atoms with van der Waals surface area (Å²) in [5.41, 5.74) is 2.37. The van der Waals surface area contributed by atoms with Gasteiger partial charge in [-0.05, 0) is 36.6 Å². The smallest absolute Gasteiger partial charge is 0.223 e. The van der Waals surface area contributed by atoms with Crippen molar-refractivity contribution >= 4 is 36.0 Å². The van der Waals surface area contributed by atoms with Crippen LogP contribution in [0.25, 0.3) is 0 Å². The molecule has 1 aromatic rings. The fraction of sp³-hybridized carbons (Fsp3) is 0.417. The molecule has 1 amide bonds. The second-order valence-electron chi connectivity index (χ2n) is 3.84. The molecule has 16 heavy (non-hydrogen) atoms. The molecule has 0 saturated heterocycles. The van der Waals surface area contributed by atoms with Crippen molar-refractivity contribution in [1.82, 2.24) is 0 Å². The zero-order valence-corrected chi connectivity index (χ0v) is 11.0. The number of anilines is 1. The number of amides is 1. The van der Waals surface area contributed by atoms with Crippen molar-refractivity contribution in [2.24, 2.45) is 0 Å². The number of rotatable bonds is 2. The van der Waals surface area contributed by atoms with Crippen LogP contribution in [0, 0.1) is 0 Å². The standard InChI is InChI=1S/C12H15NOS2/c1-9(14)13-6-2-3-10-7-11(16-8-15)4-5-12(10)13/h4-5,7,15H,2-3,6,8H2,1H3. The van der Waals surface area contributed by atoms with E-state index < -0.39 is 0 Å². The minimum atomic E-state index is 0.135. The summed E-state index contributed by atoms with van der Waals surface area (Å²) < 4.78 is 0. The second-order valence-corrected chi connectivity index (χ2v) is 5.63. The third-order valence-electron chi connectivity index (χ3n) is 2.78. The molecular weight excluding hydrogens is 238 g/mol. The van der Waals surface area contributed by atoms with E-state index in [1.165, 1.54) is 10.5 Å². The molecule has 0 aromatic heterocycles.